The first-order chi connectivity index (χ1) is 13.4. The first kappa shape index (κ1) is 18.5. The molecule has 0 spiro atoms. The molecule has 1 atom stereocenters. The molecule has 0 saturated heterocycles. The number of anilines is 2. The number of hydrogen-bond donors (Lipinski definition) is 1. The third-order valence-corrected chi connectivity index (χ3v) is 5.43. The lowest BCUT2D eigenvalue weighted by atomic mass is 10.0. The van der Waals surface area contributed by atoms with Gasteiger partial charge in [-0.1, -0.05) is 30.3 Å². The number of rotatable bonds is 5. The molecule has 1 aliphatic rings. The largest absolute Gasteiger partial charge is 0.453 e. The number of hydrogen-bond acceptors (Lipinski definition) is 5. The van der Waals surface area contributed by atoms with Gasteiger partial charge in [-0.05, 0) is 49.7 Å². The maximum absolute atomic E-state index is 11.5. The lowest BCUT2D eigenvalue weighted by Crippen LogP contribution is -2.29. The zero-order valence-corrected chi connectivity index (χ0v) is 16.1. The number of aryl methyl sites for hydroxylation is 1. The molecule has 0 bridgehead atoms. The van der Waals surface area contributed by atoms with E-state index >= 15 is 0 Å². The number of ether oxygens (including phenoxy) is 1. The molecule has 28 heavy (non-hydrogen) atoms. The van der Waals surface area contributed by atoms with Crippen molar-refractivity contribution in [2.75, 3.05) is 10.7 Å². The van der Waals surface area contributed by atoms with Crippen molar-refractivity contribution in [1.29, 1.82) is 0 Å². The summed E-state index contributed by atoms with van der Waals surface area (Å²) < 4.78 is 38.4. The first-order valence-electron chi connectivity index (χ1n) is 8.96. The molecule has 4 rings (SSSR count). The maximum Gasteiger partial charge on any atom is 0.264 e. The van der Waals surface area contributed by atoms with Gasteiger partial charge < -0.3 is 9.64 Å². The average Bonchev–Trinajstić information content (AvgIpc) is 2.66. The van der Waals surface area contributed by atoms with E-state index in [0.29, 0.717) is 11.5 Å². The fourth-order valence-corrected chi connectivity index (χ4v) is 4.01. The summed E-state index contributed by atoms with van der Waals surface area (Å²) in [5.41, 5.74) is 3.22. The van der Waals surface area contributed by atoms with Gasteiger partial charge in [-0.3, -0.25) is 9.54 Å². The van der Waals surface area contributed by atoms with Crippen LogP contribution in [0.5, 0.6) is 11.5 Å². The van der Waals surface area contributed by atoms with Crippen molar-refractivity contribution in [2.45, 2.75) is 19.4 Å². The Bertz CT molecular complexity index is 1070. The number of nitrogens with zero attached hydrogens (tertiary/aromatic N) is 2. The summed E-state index contributed by atoms with van der Waals surface area (Å²) in [5, 5.41) is 0. The zero-order valence-electron chi connectivity index (χ0n) is 15.3. The topological polar surface area (TPSA) is 79.7 Å². The van der Waals surface area contributed by atoms with Gasteiger partial charge >= 0.3 is 0 Å². The number of fused-ring (bicyclic) bond motifs is 2. The molecule has 3 aromatic rings. The fraction of sp³-hybridized carbons (Fsp3) is 0.190. The van der Waals surface area contributed by atoms with Gasteiger partial charge in [-0.2, -0.15) is 8.42 Å². The van der Waals surface area contributed by atoms with Crippen molar-refractivity contribution in [3.8, 4) is 11.5 Å². The van der Waals surface area contributed by atoms with Crippen LogP contribution in [0.25, 0.3) is 0 Å². The van der Waals surface area contributed by atoms with Crippen molar-refractivity contribution in [3.63, 3.8) is 0 Å². The highest BCUT2D eigenvalue weighted by atomic mass is 32.2. The minimum atomic E-state index is -4.12. The second-order valence-corrected chi connectivity index (χ2v) is 8.27. The van der Waals surface area contributed by atoms with E-state index in [1.165, 1.54) is 0 Å². The van der Waals surface area contributed by atoms with Gasteiger partial charge in [0, 0.05) is 5.69 Å². The third kappa shape index (κ3) is 3.72. The summed E-state index contributed by atoms with van der Waals surface area (Å²) in [4.78, 5) is 6.68. The lowest BCUT2D eigenvalue weighted by Gasteiger charge is -2.38. The Morgan fingerprint density at radius 3 is 2.14 bits per heavy atom. The lowest BCUT2D eigenvalue weighted by molar-refractivity contribution is 0.460. The highest BCUT2D eigenvalue weighted by Gasteiger charge is 2.32. The van der Waals surface area contributed by atoms with Crippen LogP contribution < -0.4 is 9.64 Å². The van der Waals surface area contributed by atoms with E-state index in [4.69, 9.17) is 4.74 Å². The molecule has 2 heterocycles. The molecule has 1 aromatic heterocycles. The molecule has 0 amide bonds. The Hall–Kier alpha value is -2.90. The van der Waals surface area contributed by atoms with E-state index in [-0.39, 0.29) is 12.2 Å². The highest BCUT2D eigenvalue weighted by Crippen LogP contribution is 2.50. The van der Waals surface area contributed by atoms with E-state index in [0.717, 1.165) is 22.8 Å². The predicted octanol–water partition coefficient (Wildman–Crippen LogP) is 4.65. The highest BCUT2D eigenvalue weighted by molar-refractivity contribution is 7.85. The Balaban J connectivity index is 1.88. The Morgan fingerprint density at radius 2 is 1.57 bits per heavy atom. The van der Waals surface area contributed by atoms with Gasteiger partial charge in [0.15, 0.2) is 11.5 Å². The van der Waals surface area contributed by atoms with E-state index in [1.54, 1.807) is 0 Å². The molecule has 2 aromatic carbocycles. The van der Waals surface area contributed by atoms with Crippen LogP contribution in [0.2, 0.25) is 0 Å². The summed E-state index contributed by atoms with van der Waals surface area (Å²) in [6.45, 7) is 1.89. The molecule has 0 saturated carbocycles. The van der Waals surface area contributed by atoms with Crippen molar-refractivity contribution in [2.24, 2.45) is 0 Å². The minimum absolute atomic E-state index is 0.179. The zero-order chi connectivity index (χ0) is 19.7. The molecule has 0 radical (unpaired) electrons. The summed E-state index contributed by atoms with van der Waals surface area (Å²) in [5.74, 6) is 1.01. The van der Waals surface area contributed by atoms with Gasteiger partial charge in [0.2, 0.25) is 0 Å². The molecular weight excluding hydrogens is 376 g/mol. The van der Waals surface area contributed by atoms with Crippen LogP contribution in [0.3, 0.4) is 0 Å². The van der Waals surface area contributed by atoms with Crippen LogP contribution in [0.15, 0.2) is 66.7 Å². The van der Waals surface area contributed by atoms with Gasteiger partial charge in [0.1, 0.15) is 0 Å². The molecule has 1 unspecified atom stereocenters. The molecule has 7 heteroatoms. The van der Waals surface area contributed by atoms with E-state index < -0.39 is 16.2 Å². The van der Waals surface area contributed by atoms with Gasteiger partial charge in [-0.25, -0.2) is 0 Å². The third-order valence-electron chi connectivity index (χ3n) is 4.68. The number of pyridine rings is 1. The van der Waals surface area contributed by atoms with E-state index in [9.17, 15) is 13.0 Å². The Kier molecular flexibility index (Phi) is 4.78. The van der Waals surface area contributed by atoms with Gasteiger partial charge in [0.25, 0.3) is 10.1 Å². The van der Waals surface area contributed by atoms with Crippen molar-refractivity contribution < 1.29 is 17.7 Å². The SMILES string of the molecule is Cc1cccc(C(CCS(=O)(=O)O)N2c3ccccc3Oc3ccccc32)n1. The van der Waals surface area contributed by atoms with Crippen molar-refractivity contribution >= 4 is 21.5 Å². The molecule has 1 aliphatic heterocycles. The first-order valence-corrected chi connectivity index (χ1v) is 10.6. The summed E-state index contributed by atoms with van der Waals surface area (Å²) in [6.07, 6.45) is 0.179. The minimum Gasteiger partial charge on any atom is -0.453 e. The number of benzene rings is 2. The van der Waals surface area contributed by atoms with Crippen molar-refractivity contribution in [3.05, 3.63) is 78.1 Å². The average molecular weight is 396 g/mol. The second-order valence-electron chi connectivity index (χ2n) is 6.70. The Labute approximate surface area is 164 Å². The number of aromatic nitrogens is 1. The van der Waals surface area contributed by atoms with Crippen LogP contribution in [0, 0.1) is 6.92 Å². The smallest absolute Gasteiger partial charge is 0.264 e. The Morgan fingerprint density at radius 1 is 0.964 bits per heavy atom. The van der Waals surface area contributed by atoms with Crippen LogP contribution >= 0.6 is 0 Å². The summed E-state index contributed by atoms with van der Waals surface area (Å²) in [6, 6.07) is 20.5. The normalized spacial score (nSPS) is 14.0. The summed E-state index contributed by atoms with van der Waals surface area (Å²) >= 11 is 0. The van der Waals surface area contributed by atoms with E-state index in [2.05, 4.69) is 4.98 Å². The van der Waals surface area contributed by atoms with Crippen LogP contribution in [-0.2, 0) is 10.1 Å². The molecule has 0 fully saturated rings. The second kappa shape index (κ2) is 7.26. The molecule has 144 valence electrons. The van der Waals surface area contributed by atoms with Crippen molar-refractivity contribution in [1.82, 2.24) is 4.98 Å². The van der Waals surface area contributed by atoms with Crippen LogP contribution in [0.1, 0.15) is 23.9 Å². The van der Waals surface area contributed by atoms with Crippen LogP contribution in [0.4, 0.5) is 11.4 Å². The molecular formula is C21H20N2O4S. The monoisotopic (exact) mass is 396 g/mol. The fourth-order valence-electron chi connectivity index (χ4n) is 3.49. The predicted molar refractivity (Wildman–Crippen MR) is 108 cm³/mol. The standard InChI is InChI=1S/C21H20N2O4S/c1-15-7-6-8-16(22-15)17(13-14-28(24,25)26)23-18-9-2-4-11-20(18)27-21-12-5-3-10-19(21)23/h2-12,17H,13-14H2,1H3,(H,24,25,26). The molecule has 6 nitrogen and oxygen atoms in total. The van der Waals surface area contributed by atoms with E-state index in [1.807, 2.05) is 78.6 Å². The number of para-hydroxylation sites is 4. The van der Waals surface area contributed by atoms with Gasteiger partial charge in [-0.15, -0.1) is 0 Å². The maximum atomic E-state index is 11.5. The quantitative estimate of drug-likeness (QED) is 0.632. The summed E-state index contributed by atoms with van der Waals surface area (Å²) in [7, 11) is -4.12. The van der Waals surface area contributed by atoms with Gasteiger partial charge in [0.05, 0.1) is 28.9 Å². The molecule has 0 aliphatic carbocycles. The molecule has 1 N–H and O–H groups in total. The van der Waals surface area contributed by atoms with Crippen LogP contribution in [-0.4, -0.2) is 23.7 Å².